The first-order valence-electron chi connectivity index (χ1n) is 7.09. The van der Waals surface area contributed by atoms with Gasteiger partial charge < -0.3 is 10.1 Å². The summed E-state index contributed by atoms with van der Waals surface area (Å²) in [5.41, 5.74) is 2.73. The summed E-state index contributed by atoms with van der Waals surface area (Å²) in [6, 6.07) is 9.69. The molecule has 0 bridgehead atoms. The minimum atomic E-state index is 0.341. The first-order chi connectivity index (χ1) is 9.13. The molecule has 0 radical (unpaired) electrons. The van der Waals surface area contributed by atoms with Gasteiger partial charge in [-0.1, -0.05) is 31.2 Å². The molecule has 1 aromatic rings. The maximum atomic E-state index is 5.15. The summed E-state index contributed by atoms with van der Waals surface area (Å²) in [7, 11) is 5.92. The van der Waals surface area contributed by atoms with Gasteiger partial charge in [-0.2, -0.15) is 0 Å². The van der Waals surface area contributed by atoms with E-state index in [2.05, 4.69) is 55.4 Å². The van der Waals surface area contributed by atoms with Crippen LogP contribution >= 0.6 is 0 Å². The van der Waals surface area contributed by atoms with E-state index in [1.54, 1.807) is 7.11 Å². The number of hydrogen-bond acceptors (Lipinski definition) is 3. The lowest BCUT2D eigenvalue weighted by atomic mass is 9.98. The van der Waals surface area contributed by atoms with Crippen molar-refractivity contribution in [2.24, 2.45) is 0 Å². The van der Waals surface area contributed by atoms with Crippen molar-refractivity contribution >= 4 is 0 Å². The third kappa shape index (κ3) is 4.60. The third-order valence-electron chi connectivity index (χ3n) is 3.88. The predicted molar refractivity (Wildman–Crippen MR) is 81.6 cm³/mol. The highest BCUT2D eigenvalue weighted by Crippen LogP contribution is 2.20. The average Bonchev–Trinajstić information content (AvgIpc) is 2.46. The quantitative estimate of drug-likeness (QED) is 0.780. The van der Waals surface area contributed by atoms with Gasteiger partial charge in [0.25, 0.3) is 0 Å². The van der Waals surface area contributed by atoms with E-state index in [0.717, 1.165) is 19.6 Å². The second-order valence-electron chi connectivity index (χ2n) is 5.08. The Hall–Kier alpha value is -0.900. The van der Waals surface area contributed by atoms with Crippen LogP contribution in [-0.2, 0) is 11.2 Å². The number of hydrogen-bond donors (Lipinski definition) is 1. The van der Waals surface area contributed by atoms with Gasteiger partial charge in [-0.15, -0.1) is 0 Å². The fourth-order valence-electron chi connectivity index (χ4n) is 2.34. The zero-order chi connectivity index (χ0) is 14.3. The molecule has 1 N–H and O–H groups in total. The highest BCUT2D eigenvalue weighted by molar-refractivity contribution is 5.26. The van der Waals surface area contributed by atoms with Crippen LogP contribution in [0.15, 0.2) is 24.3 Å². The van der Waals surface area contributed by atoms with Crippen LogP contribution in [0.2, 0.25) is 0 Å². The molecule has 0 aliphatic rings. The molecule has 0 spiro atoms. The lowest BCUT2D eigenvalue weighted by Gasteiger charge is -2.32. The zero-order valence-corrected chi connectivity index (χ0v) is 12.9. The molecule has 0 amide bonds. The highest BCUT2D eigenvalue weighted by atomic mass is 16.5. The SMILES string of the molecule is CCc1ccc(C(NC)C(C)N(C)CCOC)cc1. The summed E-state index contributed by atoms with van der Waals surface area (Å²) in [5, 5.41) is 3.43. The van der Waals surface area contributed by atoms with Gasteiger partial charge in [-0.25, -0.2) is 0 Å². The zero-order valence-electron chi connectivity index (χ0n) is 12.9. The van der Waals surface area contributed by atoms with Crippen molar-refractivity contribution < 1.29 is 4.74 Å². The number of rotatable bonds is 8. The topological polar surface area (TPSA) is 24.5 Å². The summed E-state index contributed by atoms with van der Waals surface area (Å²) >= 11 is 0. The van der Waals surface area contributed by atoms with Crippen LogP contribution in [0.3, 0.4) is 0 Å². The fourth-order valence-corrected chi connectivity index (χ4v) is 2.34. The van der Waals surface area contributed by atoms with Crippen LogP contribution in [-0.4, -0.2) is 45.3 Å². The predicted octanol–water partition coefficient (Wildman–Crippen LogP) is 2.48. The van der Waals surface area contributed by atoms with Gasteiger partial charge in [0.05, 0.1) is 6.61 Å². The molecule has 0 fully saturated rings. The Morgan fingerprint density at radius 1 is 1.26 bits per heavy atom. The monoisotopic (exact) mass is 264 g/mol. The third-order valence-corrected chi connectivity index (χ3v) is 3.88. The Bertz CT molecular complexity index is 350. The molecule has 0 saturated carbocycles. The molecule has 0 aliphatic heterocycles. The smallest absolute Gasteiger partial charge is 0.0589 e. The van der Waals surface area contributed by atoms with Crippen molar-refractivity contribution in [1.82, 2.24) is 10.2 Å². The van der Waals surface area contributed by atoms with Crippen LogP contribution < -0.4 is 5.32 Å². The van der Waals surface area contributed by atoms with Crippen LogP contribution in [0.25, 0.3) is 0 Å². The standard InChI is InChI=1S/C16H28N2O/c1-6-14-7-9-15(10-8-14)16(17-3)13(2)18(4)11-12-19-5/h7-10,13,16-17H,6,11-12H2,1-5H3. The van der Waals surface area contributed by atoms with Gasteiger partial charge in [0.1, 0.15) is 0 Å². The van der Waals surface area contributed by atoms with Crippen molar-refractivity contribution in [3.05, 3.63) is 35.4 Å². The normalized spacial score (nSPS) is 14.6. The highest BCUT2D eigenvalue weighted by Gasteiger charge is 2.20. The Morgan fingerprint density at radius 3 is 2.37 bits per heavy atom. The molecule has 0 heterocycles. The van der Waals surface area contributed by atoms with Gasteiger partial charge in [-0.05, 0) is 38.6 Å². The van der Waals surface area contributed by atoms with Gasteiger partial charge in [0.15, 0.2) is 0 Å². The Morgan fingerprint density at radius 2 is 1.89 bits per heavy atom. The molecular weight excluding hydrogens is 236 g/mol. The molecule has 3 heteroatoms. The van der Waals surface area contributed by atoms with Crippen molar-refractivity contribution in [3.8, 4) is 0 Å². The van der Waals surface area contributed by atoms with E-state index >= 15 is 0 Å². The number of nitrogens with zero attached hydrogens (tertiary/aromatic N) is 1. The van der Waals surface area contributed by atoms with Crippen molar-refractivity contribution in [2.75, 3.05) is 34.4 Å². The Kier molecular flexibility index (Phi) is 7.06. The number of nitrogens with one attached hydrogen (secondary N) is 1. The maximum absolute atomic E-state index is 5.15. The Labute approximate surface area is 118 Å². The number of methoxy groups -OCH3 is 1. The molecule has 2 atom stereocenters. The van der Waals surface area contributed by atoms with E-state index in [1.165, 1.54) is 11.1 Å². The summed E-state index contributed by atoms with van der Waals surface area (Å²) < 4.78 is 5.15. The van der Waals surface area contributed by atoms with E-state index < -0.39 is 0 Å². The summed E-state index contributed by atoms with van der Waals surface area (Å²) in [6.07, 6.45) is 1.09. The molecule has 19 heavy (non-hydrogen) atoms. The first-order valence-corrected chi connectivity index (χ1v) is 7.09. The van der Waals surface area contributed by atoms with E-state index in [4.69, 9.17) is 4.74 Å². The number of ether oxygens (including phenoxy) is 1. The summed E-state index contributed by atoms with van der Waals surface area (Å²) in [6.45, 7) is 6.16. The van der Waals surface area contributed by atoms with Gasteiger partial charge in [0.2, 0.25) is 0 Å². The molecule has 0 aromatic heterocycles. The van der Waals surface area contributed by atoms with Crippen molar-refractivity contribution in [3.63, 3.8) is 0 Å². The largest absolute Gasteiger partial charge is 0.383 e. The molecule has 0 aliphatic carbocycles. The average molecular weight is 264 g/mol. The van der Waals surface area contributed by atoms with E-state index in [9.17, 15) is 0 Å². The fraction of sp³-hybridized carbons (Fsp3) is 0.625. The molecule has 0 saturated heterocycles. The van der Waals surface area contributed by atoms with Crippen LogP contribution in [0.5, 0.6) is 0 Å². The van der Waals surface area contributed by atoms with Gasteiger partial charge in [0, 0.05) is 25.7 Å². The minimum absolute atomic E-state index is 0.341. The number of aryl methyl sites for hydroxylation is 1. The lowest BCUT2D eigenvalue weighted by Crippen LogP contribution is -2.41. The molecule has 108 valence electrons. The lowest BCUT2D eigenvalue weighted by molar-refractivity contribution is 0.130. The second kappa shape index (κ2) is 8.31. The Balaban J connectivity index is 2.74. The van der Waals surface area contributed by atoms with Crippen LogP contribution in [0.4, 0.5) is 0 Å². The molecule has 1 rings (SSSR count). The maximum Gasteiger partial charge on any atom is 0.0589 e. The minimum Gasteiger partial charge on any atom is -0.383 e. The van der Waals surface area contributed by atoms with Crippen molar-refractivity contribution in [1.29, 1.82) is 0 Å². The van der Waals surface area contributed by atoms with E-state index in [-0.39, 0.29) is 0 Å². The van der Waals surface area contributed by atoms with Crippen molar-refractivity contribution in [2.45, 2.75) is 32.4 Å². The molecule has 2 unspecified atom stereocenters. The summed E-state index contributed by atoms with van der Waals surface area (Å²) in [5.74, 6) is 0. The van der Waals surface area contributed by atoms with Gasteiger partial charge in [-0.3, -0.25) is 4.90 Å². The van der Waals surface area contributed by atoms with Crippen LogP contribution in [0.1, 0.15) is 31.0 Å². The second-order valence-corrected chi connectivity index (χ2v) is 5.08. The molecule has 1 aromatic carbocycles. The van der Waals surface area contributed by atoms with Gasteiger partial charge >= 0.3 is 0 Å². The summed E-state index contributed by atoms with van der Waals surface area (Å²) in [4.78, 5) is 2.33. The molecular formula is C16H28N2O. The van der Waals surface area contributed by atoms with E-state index in [1.807, 2.05) is 7.05 Å². The number of benzene rings is 1. The first kappa shape index (κ1) is 16.2. The number of likely N-dealkylation sites (N-methyl/N-ethyl adjacent to an activating group) is 2. The van der Waals surface area contributed by atoms with E-state index in [0.29, 0.717) is 12.1 Å². The van der Waals surface area contributed by atoms with Crippen LogP contribution in [0, 0.1) is 0 Å². The molecule has 3 nitrogen and oxygen atoms in total.